The summed E-state index contributed by atoms with van der Waals surface area (Å²) in [5.41, 5.74) is 5.96. The molecule has 0 unspecified atom stereocenters. The zero-order chi connectivity index (χ0) is 15.1. The van der Waals surface area contributed by atoms with E-state index >= 15 is 0 Å². The highest BCUT2D eigenvalue weighted by molar-refractivity contribution is 6.33. The van der Waals surface area contributed by atoms with Gasteiger partial charge < -0.3 is 20.9 Å². The van der Waals surface area contributed by atoms with E-state index < -0.39 is 17.9 Å². The second-order valence-electron chi connectivity index (χ2n) is 3.79. The van der Waals surface area contributed by atoms with E-state index in [1.54, 1.807) is 12.1 Å². The van der Waals surface area contributed by atoms with Crippen LogP contribution >= 0.6 is 11.6 Å². The molecule has 8 heteroatoms. The molecule has 7 nitrogen and oxygen atoms in total. The highest BCUT2D eigenvalue weighted by atomic mass is 35.5. The van der Waals surface area contributed by atoms with Crippen molar-refractivity contribution < 1.29 is 24.2 Å². The van der Waals surface area contributed by atoms with Crippen LogP contribution < -0.4 is 11.1 Å². The maximum atomic E-state index is 11.2. The fourth-order valence-corrected chi connectivity index (χ4v) is 1.63. The number of halogens is 1. The number of anilines is 1. The van der Waals surface area contributed by atoms with E-state index in [0.29, 0.717) is 11.3 Å². The Morgan fingerprint density at radius 2 is 2.00 bits per heavy atom. The number of ether oxygens (including phenoxy) is 1. The third kappa shape index (κ3) is 5.25. The van der Waals surface area contributed by atoms with Crippen molar-refractivity contribution in [1.29, 1.82) is 0 Å². The van der Waals surface area contributed by atoms with Crippen LogP contribution in [0.1, 0.15) is 5.56 Å². The van der Waals surface area contributed by atoms with Crippen molar-refractivity contribution in [3.8, 4) is 0 Å². The molecule has 1 aromatic carbocycles. The highest BCUT2D eigenvalue weighted by Crippen LogP contribution is 2.23. The monoisotopic (exact) mass is 300 g/mol. The molecule has 0 aliphatic carbocycles. The molecule has 0 aromatic heterocycles. The molecular weight excluding hydrogens is 288 g/mol. The van der Waals surface area contributed by atoms with Gasteiger partial charge in [0.05, 0.1) is 23.7 Å². The lowest BCUT2D eigenvalue weighted by atomic mass is 10.1. The summed E-state index contributed by atoms with van der Waals surface area (Å²) in [5, 5.41) is 11.6. The molecule has 0 atom stereocenters. The van der Waals surface area contributed by atoms with Crippen molar-refractivity contribution >= 4 is 35.2 Å². The summed E-state index contributed by atoms with van der Waals surface area (Å²) in [6.45, 7) is -0.639. The predicted molar refractivity (Wildman–Crippen MR) is 71.4 cm³/mol. The predicted octanol–water partition coefficient (Wildman–Crippen LogP) is 0.408. The molecule has 0 spiro atoms. The van der Waals surface area contributed by atoms with Crippen LogP contribution in [0.15, 0.2) is 18.2 Å². The summed E-state index contributed by atoms with van der Waals surface area (Å²) in [6, 6.07) is 4.59. The Morgan fingerprint density at radius 1 is 1.30 bits per heavy atom. The number of hydrogen-bond donors (Lipinski definition) is 3. The van der Waals surface area contributed by atoms with Crippen LogP contribution in [0.4, 0.5) is 5.69 Å². The van der Waals surface area contributed by atoms with E-state index in [-0.39, 0.29) is 24.5 Å². The number of nitrogens with one attached hydrogen (secondary N) is 1. The quantitative estimate of drug-likeness (QED) is 0.514. The first kappa shape index (κ1) is 15.9. The maximum Gasteiger partial charge on any atom is 0.333 e. The molecule has 20 heavy (non-hydrogen) atoms. The molecule has 0 saturated carbocycles. The number of carbonyl (C=O) groups excluding carboxylic acids is 2. The first-order valence-electron chi connectivity index (χ1n) is 5.60. The van der Waals surface area contributed by atoms with Crippen molar-refractivity contribution in [2.45, 2.75) is 6.42 Å². The summed E-state index contributed by atoms with van der Waals surface area (Å²) in [6.07, 6.45) is -0.146. The van der Waals surface area contributed by atoms with Crippen molar-refractivity contribution in [2.24, 2.45) is 5.73 Å². The number of nitrogens with two attached hydrogens (primary N) is 1. The number of carboxylic acids is 1. The van der Waals surface area contributed by atoms with Crippen molar-refractivity contribution in [1.82, 2.24) is 0 Å². The minimum Gasteiger partial charge on any atom is -0.481 e. The second-order valence-corrected chi connectivity index (χ2v) is 4.20. The number of benzene rings is 1. The lowest BCUT2D eigenvalue weighted by Gasteiger charge is -2.08. The number of esters is 2. The van der Waals surface area contributed by atoms with E-state index in [1.165, 1.54) is 6.07 Å². The van der Waals surface area contributed by atoms with E-state index in [2.05, 4.69) is 10.1 Å². The van der Waals surface area contributed by atoms with Crippen molar-refractivity contribution in [2.75, 3.05) is 18.4 Å². The van der Waals surface area contributed by atoms with Crippen LogP contribution in [-0.4, -0.2) is 36.1 Å². The molecule has 0 heterocycles. The number of carboxylic acid groups (broad SMARTS) is 1. The van der Waals surface area contributed by atoms with E-state index in [1.807, 2.05) is 0 Å². The SMILES string of the molecule is NCC(=O)OC(=O)CNc1ccc(CC(=O)O)cc1Cl. The molecule has 0 fully saturated rings. The maximum absolute atomic E-state index is 11.2. The molecule has 4 N–H and O–H groups in total. The van der Waals surface area contributed by atoms with Gasteiger partial charge in [-0.25, -0.2) is 4.79 Å². The van der Waals surface area contributed by atoms with Gasteiger partial charge in [-0.3, -0.25) is 9.59 Å². The van der Waals surface area contributed by atoms with Gasteiger partial charge in [-0.2, -0.15) is 0 Å². The number of rotatable bonds is 6. The summed E-state index contributed by atoms with van der Waals surface area (Å²) in [5.74, 6) is -2.57. The minimum absolute atomic E-state index is 0.146. The number of carbonyl (C=O) groups is 3. The molecule has 0 amide bonds. The lowest BCUT2D eigenvalue weighted by Crippen LogP contribution is -2.25. The average molecular weight is 301 g/mol. The van der Waals surface area contributed by atoms with E-state index in [4.69, 9.17) is 22.4 Å². The molecular formula is C12H13ClN2O5. The number of aliphatic carboxylic acids is 1. The van der Waals surface area contributed by atoms with Crippen LogP contribution in [0.25, 0.3) is 0 Å². The molecule has 1 aromatic rings. The van der Waals surface area contributed by atoms with Gasteiger partial charge in [0, 0.05) is 0 Å². The topological polar surface area (TPSA) is 119 Å². The molecule has 0 bridgehead atoms. The second kappa shape index (κ2) is 7.46. The van der Waals surface area contributed by atoms with Crippen LogP contribution in [0.3, 0.4) is 0 Å². The van der Waals surface area contributed by atoms with E-state index in [9.17, 15) is 14.4 Å². The minimum atomic E-state index is -0.967. The highest BCUT2D eigenvalue weighted by Gasteiger charge is 2.10. The molecule has 0 radical (unpaired) electrons. The fraction of sp³-hybridized carbons (Fsp3) is 0.250. The first-order chi connectivity index (χ1) is 9.42. The molecule has 0 saturated heterocycles. The van der Waals surface area contributed by atoms with Gasteiger partial charge in [-0.15, -0.1) is 0 Å². The molecule has 108 valence electrons. The molecule has 0 aliphatic heterocycles. The van der Waals surface area contributed by atoms with Crippen LogP contribution in [0, 0.1) is 0 Å². The summed E-state index contributed by atoms with van der Waals surface area (Å²) >= 11 is 5.93. The van der Waals surface area contributed by atoms with Crippen LogP contribution in [0.2, 0.25) is 5.02 Å². The van der Waals surface area contributed by atoms with Gasteiger partial charge in [0.25, 0.3) is 0 Å². The Morgan fingerprint density at radius 3 is 2.55 bits per heavy atom. The van der Waals surface area contributed by atoms with Gasteiger partial charge in [0.2, 0.25) is 0 Å². The molecule has 0 aliphatic rings. The zero-order valence-corrected chi connectivity index (χ0v) is 11.1. The fourth-order valence-electron chi connectivity index (χ4n) is 1.36. The smallest absolute Gasteiger partial charge is 0.333 e. The Balaban J connectivity index is 2.58. The Bertz CT molecular complexity index is 533. The Labute approximate surface area is 119 Å². The van der Waals surface area contributed by atoms with E-state index in [0.717, 1.165) is 0 Å². The third-order valence-corrected chi connectivity index (χ3v) is 2.52. The average Bonchev–Trinajstić information content (AvgIpc) is 2.36. The van der Waals surface area contributed by atoms with Gasteiger partial charge in [0.1, 0.15) is 6.54 Å². The van der Waals surface area contributed by atoms with Crippen LogP contribution in [-0.2, 0) is 25.5 Å². The van der Waals surface area contributed by atoms with Gasteiger partial charge in [-0.05, 0) is 17.7 Å². The zero-order valence-electron chi connectivity index (χ0n) is 10.4. The Kier molecular flexibility index (Phi) is 5.95. The lowest BCUT2D eigenvalue weighted by molar-refractivity contribution is -0.157. The van der Waals surface area contributed by atoms with Crippen LogP contribution in [0.5, 0.6) is 0 Å². The van der Waals surface area contributed by atoms with Gasteiger partial charge in [-0.1, -0.05) is 17.7 Å². The summed E-state index contributed by atoms with van der Waals surface area (Å²) in [7, 11) is 0. The largest absolute Gasteiger partial charge is 0.481 e. The normalized spacial score (nSPS) is 9.90. The summed E-state index contributed by atoms with van der Waals surface area (Å²) in [4.78, 5) is 32.5. The Hall–Kier alpha value is -2.12. The van der Waals surface area contributed by atoms with Crippen molar-refractivity contribution in [3.05, 3.63) is 28.8 Å². The standard InChI is InChI=1S/C12H13ClN2O5/c13-8-3-7(4-10(16)17)1-2-9(8)15-6-12(19)20-11(18)5-14/h1-3,15H,4-6,14H2,(H,16,17). The first-order valence-corrected chi connectivity index (χ1v) is 5.98. The van der Waals surface area contributed by atoms with Gasteiger partial charge in [0.15, 0.2) is 0 Å². The third-order valence-electron chi connectivity index (χ3n) is 2.21. The van der Waals surface area contributed by atoms with Crippen molar-refractivity contribution in [3.63, 3.8) is 0 Å². The molecule has 1 rings (SSSR count). The number of hydrogen-bond acceptors (Lipinski definition) is 6. The summed E-state index contributed by atoms with van der Waals surface area (Å²) < 4.78 is 4.35. The van der Waals surface area contributed by atoms with Gasteiger partial charge >= 0.3 is 17.9 Å².